The molecule has 0 spiro atoms. The second kappa shape index (κ2) is 7.49. The SMILES string of the molecule is COC1CCC(CCC(O)C2CCCCC2)CC1. The molecule has 1 N–H and O–H groups in total. The number of aliphatic hydroxyl groups is 1. The van der Waals surface area contributed by atoms with Gasteiger partial charge in [0, 0.05) is 7.11 Å². The molecule has 2 heteroatoms. The van der Waals surface area contributed by atoms with Crippen LogP contribution >= 0.6 is 0 Å². The van der Waals surface area contributed by atoms with Crippen molar-refractivity contribution < 1.29 is 9.84 Å². The van der Waals surface area contributed by atoms with E-state index in [0.29, 0.717) is 12.0 Å². The third-order valence-electron chi connectivity index (χ3n) is 5.19. The van der Waals surface area contributed by atoms with Gasteiger partial charge in [-0.3, -0.25) is 0 Å². The number of ether oxygens (including phenoxy) is 1. The first-order chi connectivity index (χ1) is 8.79. The highest BCUT2D eigenvalue weighted by atomic mass is 16.5. The van der Waals surface area contributed by atoms with Crippen molar-refractivity contribution in [2.75, 3.05) is 7.11 Å². The predicted octanol–water partition coefficient (Wildman–Crippen LogP) is 3.91. The minimum absolute atomic E-state index is 0.0227. The fourth-order valence-corrected chi connectivity index (χ4v) is 3.82. The van der Waals surface area contributed by atoms with Gasteiger partial charge in [-0.1, -0.05) is 19.3 Å². The van der Waals surface area contributed by atoms with Gasteiger partial charge in [-0.15, -0.1) is 0 Å². The van der Waals surface area contributed by atoms with E-state index >= 15 is 0 Å². The Labute approximate surface area is 112 Å². The van der Waals surface area contributed by atoms with Gasteiger partial charge in [0.1, 0.15) is 0 Å². The Morgan fingerprint density at radius 1 is 1.00 bits per heavy atom. The predicted molar refractivity (Wildman–Crippen MR) is 74.6 cm³/mol. The van der Waals surface area contributed by atoms with E-state index in [1.165, 1.54) is 64.2 Å². The molecule has 0 aliphatic heterocycles. The Morgan fingerprint density at radius 2 is 1.67 bits per heavy atom. The summed E-state index contributed by atoms with van der Waals surface area (Å²) in [5.74, 6) is 1.45. The molecule has 0 aromatic rings. The van der Waals surface area contributed by atoms with Gasteiger partial charge in [0.15, 0.2) is 0 Å². The lowest BCUT2D eigenvalue weighted by Gasteiger charge is -2.30. The van der Waals surface area contributed by atoms with E-state index in [1.807, 2.05) is 7.11 Å². The van der Waals surface area contributed by atoms with E-state index in [9.17, 15) is 5.11 Å². The number of hydrogen-bond donors (Lipinski definition) is 1. The highest BCUT2D eigenvalue weighted by Gasteiger charge is 2.25. The fraction of sp³-hybridized carbons (Fsp3) is 1.00. The summed E-state index contributed by atoms with van der Waals surface area (Å²) < 4.78 is 5.41. The van der Waals surface area contributed by atoms with E-state index in [0.717, 1.165) is 12.3 Å². The zero-order chi connectivity index (χ0) is 12.8. The van der Waals surface area contributed by atoms with Crippen molar-refractivity contribution in [1.29, 1.82) is 0 Å². The second-order valence-corrected chi connectivity index (χ2v) is 6.42. The topological polar surface area (TPSA) is 29.5 Å². The maximum absolute atomic E-state index is 10.3. The van der Waals surface area contributed by atoms with E-state index < -0.39 is 0 Å². The third kappa shape index (κ3) is 4.24. The van der Waals surface area contributed by atoms with Crippen LogP contribution in [0.3, 0.4) is 0 Å². The van der Waals surface area contributed by atoms with Crippen LogP contribution < -0.4 is 0 Å². The van der Waals surface area contributed by atoms with Gasteiger partial charge in [0.05, 0.1) is 12.2 Å². The molecule has 2 aliphatic carbocycles. The summed E-state index contributed by atoms with van der Waals surface area (Å²) in [6.45, 7) is 0. The quantitative estimate of drug-likeness (QED) is 0.806. The molecule has 0 saturated heterocycles. The van der Waals surface area contributed by atoms with Crippen LogP contribution in [0.4, 0.5) is 0 Å². The summed E-state index contributed by atoms with van der Waals surface area (Å²) in [6.07, 6.45) is 14.4. The monoisotopic (exact) mass is 254 g/mol. The zero-order valence-corrected chi connectivity index (χ0v) is 11.9. The Hall–Kier alpha value is -0.0800. The van der Waals surface area contributed by atoms with Crippen LogP contribution in [0.2, 0.25) is 0 Å². The summed E-state index contributed by atoms with van der Waals surface area (Å²) in [4.78, 5) is 0. The molecule has 1 unspecified atom stereocenters. The van der Waals surface area contributed by atoms with Crippen molar-refractivity contribution >= 4 is 0 Å². The van der Waals surface area contributed by atoms with E-state index in [2.05, 4.69) is 0 Å². The largest absolute Gasteiger partial charge is 0.393 e. The zero-order valence-electron chi connectivity index (χ0n) is 11.9. The first-order valence-electron chi connectivity index (χ1n) is 8.00. The van der Waals surface area contributed by atoms with Crippen molar-refractivity contribution in [1.82, 2.24) is 0 Å². The lowest BCUT2D eigenvalue weighted by Crippen LogP contribution is -2.25. The minimum Gasteiger partial charge on any atom is -0.393 e. The normalized spacial score (nSPS) is 32.3. The van der Waals surface area contributed by atoms with Crippen LogP contribution in [-0.2, 0) is 4.74 Å². The van der Waals surface area contributed by atoms with Gasteiger partial charge in [0.2, 0.25) is 0 Å². The minimum atomic E-state index is -0.0227. The second-order valence-electron chi connectivity index (χ2n) is 6.42. The number of rotatable bonds is 5. The van der Waals surface area contributed by atoms with Crippen LogP contribution in [-0.4, -0.2) is 24.4 Å². The molecule has 2 aliphatic rings. The smallest absolute Gasteiger partial charge is 0.0571 e. The van der Waals surface area contributed by atoms with Gasteiger partial charge in [-0.2, -0.15) is 0 Å². The fourth-order valence-electron chi connectivity index (χ4n) is 3.82. The maximum atomic E-state index is 10.3. The average molecular weight is 254 g/mol. The molecular weight excluding hydrogens is 224 g/mol. The first kappa shape index (κ1) is 14.3. The molecule has 2 rings (SSSR count). The molecule has 2 nitrogen and oxygen atoms in total. The van der Waals surface area contributed by atoms with E-state index in [4.69, 9.17) is 4.74 Å². The number of methoxy groups -OCH3 is 1. The molecule has 0 aromatic carbocycles. The van der Waals surface area contributed by atoms with Crippen LogP contribution in [0.1, 0.15) is 70.6 Å². The number of hydrogen-bond acceptors (Lipinski definition) is 2. The van der Waals surface area contributed by atoms with E-state index in [1.54, 1.807) is 0 Å². The molecule has 1 atom stereocenters. The Bertz CT molecular complexity index is 215. The molecule has 0 radical (unpaired) electrons. The summed E-state index contributed by atoms with van der Waals surface area (Å²) in [6, 6.07) is 0. The van der Waals surface area contributed by atoms with Crippen LogP contribution in [0, 0.1) is 11.8 Å². The van der Waals surface area contributed by atoms with Gasteiger partial charge < -0.3 is 9.84 Å². The molecule has 0 heterocycles. The van der Waals surface area contributed by atoms with E-state index in [-0.39, 0.29) is 6.10 Å². The Morgan fingerprint density at radius 3 is 2.28 bits per heavy atom. The van der Waals surface area contributed by atoms with Gasteiger partial charge >= 0.3 is 0 Å². The summed E-state index contributed by atoms with van der Waals surface area (Å²) in [5.41, 5.74) is 0. The van der Waals surface area contributed by atoms with Crippen molar-refractivity contribution in [3.8, 4) is 0 Å². The summed E-state index contributed by atoms with van der Waals surface area (Å²) in [5, 5.41) is 10.3. The van der Waals surface area contributed by atoms with Gasteiger partial charge in [0.25, 0.3) is 0 Å². The molecule has 0 bridgehead atoms. The third-order valence-corrected chi connectivity index (χ3v) is 5.19. The summed E-state index contributed by atoms with van der Waals surface area (Å²) in [7, 11) is 1.83. The first-order valence-corrected chi connectivity index (χ1v) is 8.00. The van der Waals surface area contributed by atoms with Gasteiger partial charge in [-0.05, 0) is 63.2 Å². The Balaban J connectivity index is 1.62. The molecule has 0 amide bonds. The summed E-state index contributed by atoms with van der Waals surface area (Å²) >= 11 is 0. The average Bonchev–Trinajstić information content (AvgIpc) is 2.46. The van der Waals surface area contributed by atoms with Gasteiger partial charge in [-0.25, -0.2) is 0 Å². The lowest BCUT2D eigenvalue weighted by molar-refractivity contribution is 0.0438. The highest BCUT2D eigenvalue weighted by Crippen LogP contribution is 2.32. The standard InChI is InChI=1S/C16H30O2/c1-18-15-10-7-13(8-11-15)9-12-16(17)14-5-3-2-4-6-14/h13-17H,2-12H2,1H3. The molecule has 18 heavy (non-hydrogen) atoms. The molecule has 0 aromatic heterocycles. The molecule has 106 valence electrons. The molecule has 2 saturated carbocycles. The van der Waals surface area contributed by atoms with Crippen LogP contribution in [0.5, 0.6) is 0 Å². The number of aliphatic hydroxyl groups excluding tert-OH is 1. The van der Waals surface area contributed by atoms with Crippen LogP contribution in [0.15, 0.2) is 0 Å². The Kier molecular flexibility index (Phi) is 5.97. The van der Waals surface area contributed by atoms with Crippen LogP contribution in [0.25, 0.3) is 0 Å². The highest BCUT2D eigenvalue weighted by molar-refractivity contribution is 4.77. The maximum Gasteiger partial charge on any atom is 0.0571 e. The molecule has 2 fully saturated rings. The van der Waals surface area contributed by atoms with Crippen molar-refractivity contribution in [3.05, 3.63) is 0 Å². The lowest BCUT2D eigenvalue weighted by atomic mass is 9.80. The van der Waals surface area contributed by atoms with Crippen molar-refractivity contribution in [2.45, 2.75) is 82.8 Å². The van der Waals surface area contributed by atoms with Crippen molar-refractivity contribution in [2.24, 2.45) is 11.8 Å². The molecular formula is C16H30O2. The van der Waals surface area contributed by atoms with Crippen molar-refractivity contribution in [3.63, 3.8) is 0 Å².